The molecule has 0 radical (unpaired) electrons. The van der Waals surface area contributed by atoms with E-state index in [9.17, 15) is 44.6 Å². The average molecular weight is 913 g/mol. The van der Waals surface area contributed by atoms with E-state index in [-0.39, 0.29) is 12.8 Å². The maximum Gasteiger partial charge on any atom is 0.472 e. The van der Waals surface area contributed by atoms with Gasteiger partial charge in [0.1, 0.15) is 43.2 Å². The first kappa shape index (κ1) is 58.6. The monoisotopic (exact) mass is 913 g/mol. The highest BCUT2D eigenvalue weighted by atomic mass is 31.2. The molecule has 13 nitrogen and oxygen atoms in total. The van der Waals surface area contributed by atoms with Gasteiger partial charge in [0.2, 0.25) is 0 Å². The molecule has 1 aliphatic rings. The molecule has 0 heterocycles. The second kappa shape index (κ2) is 38.8. The van der Waals surface area contributed by atoms with Crippen molar-refractivity contribution in [2.75, 3.05) is 13.2 Å². The molecule has 364 valence electrons. The van der Waals surface area contributed by atoms with Crippen molar-refractivity contribution in [3.63, 3.8) is 0 Å². The Morgan fingerprint density at radius 2 is 0.905 bits per heavy atom. The van der Waals surface area contributed by atoms with Crippen molar-refractivity contribution in [3.8, 4) is 0 Å². The van der Waals surface area contributed by atoms with Crippen molar-refractivity contribution in [3.05, 3.63) is 60.8 Å². The van der Waals surface area contributed by atoms with Crippen LogP contribution in [0, 0.1) is 0 Å². The minimum absolute atomic E-state index is 0.0657. The lowest BCUT2D eigenvalue weighted by Crippen LogP contribution is -2.64. The molecule has 0 aliphatic heterocycles. The number of unbranched alkanes of at least 4 members (excludes halogenated alkanes) is 17. The van der Waals surface area contributed by atoms with E-state index >= 15 is 0 Å². The summed E-state index contributed by atoms with van der Waals surface area (Å²) < 4.78 is 33.5. The third-order valence-electron chi connectivity index (χ3n) is 10.8. The normalized spacial score (nSPS) is 22.2. The van der Waals surface area contributed by atoms with E-state index in [1.807, 2.05) is 0 Å². The van der Waals surface area contributed by atoms with Gasteiger partial charge in [-0.2, -0.15) is 0 Å². The molecule has 1 aliphatic carbocycles. The number of aliphatic hydroxyl groups is 5. The molecule has 0 aromatic carbocycles. The minimum Gasteiger partial charge on any atom is -0.462 e. The van der Waals surface area contributed by atoms with Crippen LogP contribution in [0.25, 0.3) is 0 Å². The van der Waals surface area contributed by atoms with Gasteiger partial charge in [0.25, 0.3) is 0 Å². The number of aliphatic hydroxyl groups excluding tert-OH is 5. The van der Waals surface area contributed by atoms with E-state index in [1.54, 1.807) is 0 Å². The number of carbonyl (C=O) groups is 2. The Morgan fingerprint density at radius 1 is 0.508 bits per heavy atom. The van der Waals surface area contributed by atoms with Gasteiger partial charge in [-0.25, -0.2) is 4.57 Å². The van der Waals surface area contributed by atoms with Crippen LogP contribution in [0.15, 0.2) is 60.8 Å². The topological polar surface area (TPSA) is 210 Å². The summed E-state index contributed by atoms with van der Waals surface area (Å²) in [6.07, 6.45) is 34.1. The van der Waals surface area contributed by atoms with Gasteiger partial charge >= 0.3 is 19.8 Å². The van der Waals surface area contributed by atoms with Gasteiger partial charge in [-0.3, -0.25) is 18.6 Å². The summed E-state index contributed by atoms with van der Waals surface area (Å²) in [7, 11) is -5.13. The molecule has 1 saturated carbocycles. The Kier molecular flexibility index (Phi) is 36.1. The minimum atomic E-state index is -5.13. The van der Waals surface area contributed by atoms with Crippen LogP contribution in [-0.2, 0) is 32.7 Å². The van der Waals surface area contributed by atoms with Gasteiger partial charge in [-0.1, -0.05) is 152 Å². The lowest BCUT2D eigenvalue weighted by Gasteiger charge is -2.41. The molecule has 0 saturated heterocycles. The molecule has 1 rings (SSSR count). The second-order valence-electron chi connectivity index (χ2n) is 16.6. The molecule has 6 unspecified atom stereocenters. The first-order valence-corrected chi connectivity index (χ1v) is 25.6. The first-order valence-electron chi connectivity index (χ1n) is 24.1. The fourth-order valence-corrected chi connectivity index (χ4v) is 7.95. The number of rotatable bonds is 39. The summed E-state index contributed by atoms with van der Waals surface area (Å²) >= 11 is 0. The smallest absolute Gasteiger partial charge is 0.462 e. The number of phosphoric ester groups is 1. The quantitative estimate of drug-likeness (QED) is 0.0147. The summed E-state index contributed by atoms with van der Waals surface area (Å²) in [4.78, 5) is 35.8. The lowest BCUT2D eigenvalue weighted by atomic mass is 9.85. The summed E-state index contributed by atoms with van der Waals surface area (Å²) in [5.41, 5.74) is 0. The number of hydrogen-bond donors (Lipinski definition) is 6. The van der Waals surface area contributed by atoms with Gasteiger partial charge in [0.15, 0.2) is 6.10 Å². The number of allylic oxidation sites excluding steroid dienone is 10. The van der Waals surface area contributed by atoms with Crippen LogP contribution in [0.4, 0.5) is 0 Å². The molecule has 0 amide bonds. The molecule has 8 atom stereocenters. The molecule has 6 N–H and O–H groups in total. The third kappa shape index (κ3) is 31.2. The average Bonchev–Trinajstić information content (AvgIpc) is 3.26. The van der Waals surface area contributed by atoms with Crippen molar-refractivity contribution >= 4 is 19.8 Å². The number of carbonyl (C=O) groups excluding carboxylic acids is 2. The van der Waals surface area contributed by atoms with Crippen molar-refractivity contribution < 1.29 is 63.1 Å². The van der Waals surface area contributed by atoms with E-state index in [4.69, 9.17) is 18.5 Å². The number of esters is 2. The predicted molar refractivity (Wildman–Crippen MR) is 249 cm³/mol. The van der Waals surface area contributed by atoms with E-state index < -0.39 is 75.7 Å². The molecule has 0 aromatic heterocycles. The molecular formula is C49H85O13P. The zero-order chi connectivity index (χ0) is 46.4. The third-order valence-corrected chi connectivity index (χ3v) is 11.8. The molecule has 0 spiro atoms. The summed E-state index contributed by atoms with van der Waals surface area (Å²) in [6, 6.07) is 0. The number of ether oxygens (including phenoxy) is 2. The van der Waals surface area contributed by atoms with Crippen molar-refractivity contribution in [1.29, 1.82) is 0 Å². The van der Waals surface area contributed by atoms with E-state index in [2.05, 4.69) is 74.6 Å². The Morgan fingerprint density at radius 3 is 1.40 bits per heavy atom. The zero-order valence-corrected chi connectivity index (χ0v) is 39.5. The van der Waals surface area contributed by atoms with Gasteiger partial charge in [-0.15, -0.1) is 0 Å². The second-order valence-corrected chi connectivity index (χ2v) is 18.0. The van der Waals surface area contributed by atoms with Crippen LogP contribution in [0.1, 0.15) is 181 Å². The fraction of sp³-hybridized carbons (Fsp3) is 0.755. The van der Waals surface area contributed by atoms with Gasteiger partial charge < -0.3 is 39.9 Å². The Bertz CT molecular complexity index is 1330. The predicted octanol–water partition coefficient (Wildman–Crippen LogP) is 9.73. The molecule has 0 bridgehead atoms. The largest absolute Gasteiger partial charge is 0.472 e. The highest BCUT2D eigenvalue weighted by Crippen LogP contribution is 2.47. The number of phosphoric acid groups is 1. The van der Waals surface area contributed by atoms with Crippen molar-refractivity contribution in [1.82, 2.24) is 0 Å². The van der Waals surface area contributed by atoms with Gasteiger partial charge in [0.05, 0.1) is 6.61 Å². The molecular weight excluding hydrogens is 828 g/mol. The Labute approximate surface area is 379 Å². The highest BCUT2D eigenvalue weighted by molar-refractivity contribution is 7.47. The first-order chi connectivity index (χ1) is 30.4. The summed E-state index contributed by atoms with van der Waals surface area (Å²) in [6.45, 7) is 3.16. The Balaban J connectivity index is 2.46. The SMILES string of the molecule is CCC=CCC=CCC=CCC=CCCCCCCC(=O)O[C@H](COC(=O)CCCCCCCCCC=CCCCCCCCC)COP(=O)(O)OC1C(O)C(O)C(O)[C@@H](O)C1O. The molecule has 0 aromatic rings. The highest BCUT2D eigenvalue weighted by Gasteiger charge is 2.51. The number of hydrogen-bond acceptors (Lipinski definition) is 12. The van der Waals surface area contributed by atoms with E-state index in [1.165, 1.54) is 57.8 Å². The van der Waals surface area contributed by atoms with Crippen LogP contribution in [0.5, 0.6) is 0 Å². The molecule has 14 heteroatoms. The van der Waals surface area contributed by atoms with Crippen molar-refractivity contribution in [2.24, 2.45) is 0 Å². The summed E-state index contributed by atoms with van der Waals surface area (Å²) in [5, 5.41) is 50.2. The van der Waals surface area contributed by atoms with Gasteiger partial charge in [-0.05, 0) is 77.0 Å². The fourth-order valence-electron chi connectivity index (χ4n) is 6.98. The van der Waals surface area contributed by atoms with Crippen LogP contribution in [0.2, 0.25) is 0 Å². The standard InChI is InChI=1S/C49H85O13P/c1-3-5-7-9-11-13-15-17-19-21-23-25-27-29-31-33-35-37-42(50)59-39-41(40-60-63(57,58)62-49-47(55)45(53)44(52)46(54)48(49)56)61-43(51)38-36-34-32-30-28-26-24-22-20-18-16-14-12-10-8-6-4-2/h6,8,12,14,17-20,24,26,41,44-49,52-56H,3-5,7,9-11,13,15-16,21-23,25,27-40H2,1-2H3,(H,57,58)/t41-,44?,45-,46?,47?,48?,49?/m1/s1. The maximum atomic E-state index is 12.8. The van der Waals surface area contributed by atoms with Crippen LogP contribution in [0.3, 0.4) is 0 Å². The van der Waals surface area contributed by atoms with E-state index in [0.29, 0.717) is 12.8 Å². The maximum absolute atomic E-state index is 12.8. The molecule has 63 heavy (non-hydrogen) atoms. The lowest BCUT2D eigenvalue weighted by molar-refractivity contribution is -0.220. The van der Waals surface area contributed by atoms with Crippen LogP contribution in [-0.4, -0.2) is 98.3 Å². The van der Waals surface area contributed by atoms with Crippen LogP contribution >= 0.6 is 7.82 Å². The zero-order valence-electron chi connectivity index (χ0n) is 38.6. The van der Waals surface area contributed by atoms with Crippen LogP contribution < -0.4 is 0 Å². The van der Waals surface area contributed by atoms with Crippen molar-refractivity contribution in [2.45, 2.75) is 224 Å². The summed E-state index contributed by atoms with van der Waals surface area (Å²) in [5.74, 6) is -1.13. The van der Waals surface area contributed by atoms with Gasteiger partial charge in [0, 0.05) is 12.8 Å². The molecule has 1 fully saturated rings. The Hall–Kier alpha value is -2.45. The van der Waals surface area contributed by atoms with E-state index in [0.717, 1.165) is 83.5 Å².